The van der Waals surface area contributed by atoms with Crippen LogP contribution in [0.4, 0.5) is 0 Å². The van der Waals surface area contributed by atoms with Crippen LogP contribution in [-0.2, 0) is 42.7 Å². The van der Waals surface area contributed by atoms with Crippen LogP contribution < -0.4 is 0 Å². The van der Waals surface area contributed by atoms with Crippen molar-refractivity contribution in [3.05, 3.63) is 47.7 Å². The van der Waals surface area contributed by atoms with Gasteiger partial charge in [0.15, 0.2) is 12.6 Å². The smallest absolute Gasteiger partial charge is 0.373 e. The second-order valence-corrected chi connectivity index (χ2v) is 7.95. The van der Waals surface area contributed by atoms with Gasteiger partial charge in [-0.2, -0.15) is 0 Å². The van der Waals surface area contributed by atoms with Crippen molar-refractivity contribution in [1.29, 1.82) is 0 Å². The summed E-state index contributed by atoms with van der Waals surface area (Å²) >= 11 is 0. The van der Waals surface area contributed by atoms with E-state index in [1.807, 2.05) is 37.3 Å². The largest absolute Gasteiger partial charge is 0.460 e. The lowest BCUT2D eigenvalue weighted by Gasteiger charge is -2.46. The highest BCUT2D eigenvalue weighted by atomic mass is 16.8. The number of hydrogen-bond donors (Lipinski definition) is 0. The lowest BCUT2D eigenvalue weighted by molar-refractivity contribution is -0.350. The van der Waals surface area contributed by atoms with E-state index in [4.69, 9.17) is 37.9 Å². The number of fused-ring (bicyclic) bond motifs is 1. The Morgan fingerprint density at radius 2 is 1.88 bits per heavy atom. The Labute approximate surface area is 193 Å². The first-order valence-electron chi connectivity index (χ1n) is 11.4. The summed E-state index contributed by atoms with van der Waals surface area (Å²) in [4.78, 5) is 12.3. The summed E-state index contributed by atoms with van der Waals surface area (Å²) in [6, 6.07) is 9.73. The van der Waals surface area contributed by atoms with E-state index in [-0.39, 0.29) is 24.6 Å². The van der Waals surface area contributed by atoms with E-state index >= 15 is 0 Å². The molecule has 9 heteroatoms. The highest BCUT2D eigenvalue weighted by molar-refractivity contribution is 5.86. The van der Waals surface area contributed by atoms with Crippen LogP contribution in [0.15, 0.2) is 42.2 Å². The fraction of sp³-hybridized carbons (Fsp3) is 0.625. The molecule has 1 aromatic carbocycles. The molecule has 0 radical (unpaired) electrons. The molecule has 1 aromatic rings. The monoisotopic (exact) mass is 464 g/mol. The number of rotatable bonds is 8. The maximum atomic E-state index is 12.3. The number of esters is 1. The van der Waals surface area contributed by atoms with E-state index in [2.05, 4.69) is 0 Å². The van der Waals surface area contributed by atoms with Crippen molar-refractivity contribution >= 4 is 5.97 Å². The van der Waals surface area contributed by atoms with Gasteiger partial charge in [-0.3, -0.25) is 0 Å². The quantitative estimate of drug-likeness (QED) is 0.539. The maximum Gasteiger partial charge on any atom is 0.373 e. The molecule has 3 heterocycles. The van der Waals surface area contributed by atoms with Gasteiger partial charge >= 0.3 is 5.97 Å². The van der Waals surface area contributed by atoms with Gasteiger partial charge in [0.25, 0.3) is 0 Å². The van der Waals surface area contributed by atoms with Crippen molar-refractivity contribution in [2.75, 3.05) is 26.9 Å². The maximum absolute atomic E-state index is 12.3. The first kappa shape index (κ1) is 24.1. The Kier molecular flexibility index (Phi) is 8.34. The van der Waals surface area contributed by atoms with Crippen molar-refractivity contribution < 1.29 is 42.7 Å². The topological polar surface area (TPSA) is 90.9 Å². The minimum Gasteiger partial charge on any atom is -0.460 e. The molecule has 0 saturated carbocycles. The number of methoxy groups -OCH3 is 1. The molecule has 1 unspecified atom stereocenters. The number of carbonyl (C=O) groups excluding carboxylic acids is 1. The van der Waals surface area contributed by atoms with Gasteiger partial charge in [-0.25, -0.2) is 4.79 Å². The van der Waals surface area contributed by atoms with Crippen LogP contribution in [0.1, 0.15) is 38.5 Å². The predicted octanol–water partition coefficient (Wildman–Crippen LogP) is 2.85. The molecule has 9 nitrogen and oxygen atoms in total. The minimum absolute atomic E-state index is 0.0912. The average molecular weight is 465 g/mol. The molecule has 2 saturated heterocycles. The molecular formula is C24H32O9. The van der Waals surface area contributed by atoms with Crippen LogP contribution >= 0.6 is 0 Å². The molecule has 3 aliphatic heterocycles. The summed E-state index contributed by atoms with van der Waals surface area (Å²) in [6.07, 6.45) is -0.688. The second kappa shape index (κ2) is 11.4. The van der Waals surface area contributed by atoms with E-state index < -0.39 is 37.0 Å². The molecule has 33 heavy (non-hydrogen) atoms. The third-order valence-corrected chi connectivity index (χ3v) is 5.72. The normalized spacial score (nSPS) is 34.0. The molecule has 4 rings (SSSR count). The van der Waals surface area contributed by atoms with Crippen molar-refractivity contribution in [1.82, 2.24) is 0 Å². The van der Waals surface area contributed by atoms with Gasteiger partial charge in [0, 0.05) is 32.1 Å². The lowest BCUT2D eigenvalue weighted by atomic mass is 9.99. The Hall–Kier alpha value is -2.01. The predicted molar refractivity (Wildman–Crippen MR) is 115 cm³/mol. The minimum atomic E-state index is -0.714. The third kappa shape index (κ3) is 5.92. The Morgan fingerprint density at radius 1 is 1.06 bits per heavy atom. The fourth-order valence-electron chi connectivity index (χ4n) is 4.22. The summed E-state index contributed by atoms with van der Waals surface area (Å²) < 4.78 is 46.7. The number of ether oxygens (including phenoxy) is 8. The average Bonchev–Trinajstić information content (AvgIpc) is 2.84. The first-order chi connectivity index (χ1) is 16.1. The highest BCUT2D eigenvalue weighted by Crippen LogP contribution is 2.36. The van der Waals surface area contributed by atoms with Crippen molar-refractivity contribution in [2.45, 2.75) is 70.0 Å². The first-order valence-corrected chi connectivity index (χ1v) is 11.4. The summed E-state index contributed by atoms with van der Waals surface area (Å²) in [5.41, 5.74) is 0.918. The second-order valence-electron chi connectivity index (χ2n) is 7.95. The summed E-state index contributed by atoms with van der Waals surface area (Å²) in [7, 11) is 1.59. The van der Waals surface area contributed by atoms with Crippen LogP contribution in [0, 0.1) is 0 Å². The van der Waals surface area contributed by atoms with E-state index in [1.54, 1.807) is 20.1 Å². The van der Waals surface area contributed by atoms with Crippen molar-refractivity contribution in [3.8, 4) is 0 Å². The zero-order chi connectivity index (χ0) is 23.2. The Morgan fingerprint density at radius 3 is 2.61 bits per heavy atom. The molecule has 0 aliphatic carbocycles. The molecule has 7 atom stereocenters. The van der Waals surface area contributed by atoms with Gasteiger partial charge in [-0.15, -0.1) is 0 Å². The van der Waals surface area contributed by atoms with E-state index in [9.17, 15) is 4.79 Å². The van der Waals surface area contributed by atoms with Crippen LogP contribution in [-0.4, -0.2) is 69.9 Å². The third-order valence-electron chi connectivity index (χ3n) is 5.72. The molecule has 0 bridgehead atoms. The van der Waals surface area contributed by atoms with E-state index in [0.29, 0.717) is 26.1 Å². The molecule has 0 amide bonds. The molecule has 2 fully saturated rings. The fourth-order valence-corrected chi connectivity index (χ4v) is 4.22. The van der Waals surface area contributed by atoms with Gasteiger partial charge in [0.1, 0.15) is 12.2 Å². The number of benzene rings is 1. The van der Waals surface area contributed by atoms with Crippen LogP contribution in [0.25, 0.3) is 0 Å². The molecule has 0 spiro atoms. The standard InChI is InChI=1S/C24H32O9/c1-4-27-16-11-18(23(25)28-5-2)31-21(12-16)30-17-13-20(26-3)32-19-14-29-24(33-22(17)19)15-9-7-6-8-10-15/h6-11,16-17,19-22,24H,4-5,12-14H2,1-3H3/t16-,17-,19+,20-,21+,22-,24?/m0/s1. The SMILES string of the molecule is CCOC(=O)C1=C[C@H](OCC)C[C@H](O[C@H]2C[C@@H](OC)O[C@@H]3COC(c4ccccc4)O[C@@H]23)O1. The van der Waals surface area contributed by atoms with Crippen LogP contribution in [0.3, 0.4) is 0 Å². The van der Waals surface area contributed by atoms with Gasteiger partial charge in [0.05, 0.1) is 25.4 Å². The van der Waals surface area contributed by atoms with Crippen molar-refractivity contribution in [2.24, 2.45) is 0 Å². The van der Waals surface area contributed by atoms with Gasteiger partial charge in [0.2, 0.25) is 12.0 Å². The Balaban J connectivity index is 1.49. The number of carbonyl (C=O) groups is 1. The van der Waals surface area contributed by atoms with Gasteiger partial charge < -0.3 is 37.9 Å². The zero-order valence-corrected chi connectivity index (χ0v) is 19.2. The summed E-state index contributed by atoms with van der Waals surface area (Å²) in [6.45, 7) is 4.73. The molecule has 0 aromatic heterocycles. The summed E-state index contributed by atoms with van der Waals surface area (Å²) in [5, 5.41) is 0. The van der Waals surface area contributed by atoms with Gasteiger partial charge in [-0.05, 0) is 19.9 Å². The highest BCUT2D eigenvalue weighted by Gasteiger charge is 2.47. The van der Waals surface area contributed by atoms with Gasteiger partial charge in [-0.1, -0.05) is 30.3 Å². The number of hydrogen-bond acceptors (Lipinski definition) is 9. The summed E-state index contributed by atoms with van der Waals surface area (Å²) in [5.74, 6) is -0.449. The van der Waals surface area contributed by atoms with E-state index in [0.717, 1.165) is 5.56 Å². The van der Waals surface area contributed by atoms with Crippen LogP contribution in [0.2, 0.25) is 0 Å². The van der Waals surface area contributed by atoms with Crippen molar-refractivity contribution in [3.63, 3.8) is 0 Å². The molecule has 0 N–H and O–H groups in total. The van der Waals surface area contributed by atoms with Crippen LogP contribution in [0.5, 0.6) is 0 Å². The lowest BCUT2D eigenvalue weighted by Crippen LogP contribution is -2.57. The zero-order valence-electron chi connectivity index (χ0n) is 19.2. The molecular weight excluding hydrogens is 432 g/mol. The molecule has 3 aliphatic rings. The van der Waals surface area contributed by atoms with E-state index in [1.165, 1.54) is 0 Å². The Bertz CT molecular complexity index is 798. The molecule has 182 valence electrons.